The van der Waals surface area contributed by atoms with E-state index in [0.29, 0.717) is 51.3 Å². The molecule has 37 heavy (non-hydrogen) atoms. The number of aromatic carboxylic acids is 1. The van der Waals surface area contributed by atoms with Crippen molar-refractivity contribution in [1.82, 2.24) is 0 Å². The average molecular weight is 632 g/mol. The van der Waals surface area contributed by atoms with Gasteiger partial charge in [-0.2, -0.15) is 0 Å². The molecular formula is C29H28Br2O6. The normalized spacial score (nSPS) is 13.9. The number of fused-ring (bicyclic) bond motifs is 1. The van der Waals surface area contributed by atoms with Crippen LogP contribution >= 0.6 is 31.9 Å². The van der Waals surface area contributed by atoms with E-state index in [4.69, 9.17) is 4.74 Å². The van der Waals surface area contributed by atoms with Gasteiger partial charge in [0.1, 0.15) is 11.5 Å². The summed E-state index contributed by atoms with van der Waals surface area (Å²) in [5, 5.41) is 31.5. The summed E-state index contributed by atoms with van der Waals surface area (Å²) in [4.78, 5) is 25.2. The molecule has 0 amide bonds. The van der Waals surface area contributed by atoms with Crippen LogP contribution in [-0.4, -0.2) is 27.3 Å². The highest BCUT2D eigenvalue weighted by Crippen LogP contribution is 2.53. The molecule has 3 aromatic rings. The first-order valence-electron chi connectivity index (χ1n) is 12.3. The van der Waals surface area contributed by atoms with Crippen LogP contribution in [0.25, 0.3) is 0 Å². The number of esters is 1. The lowest BCUT2D eigenvalue weighted by molar-refractivity contribution is 0.0244. The number of hydrogen-bond acceptors (Lipinski definition) is 5. The quantitative estimate of drug-likeness (QED) is 0.242. The third kappa shape index (κ3) is 4.05. The van der Waals surface area contributed by atoms with Crippen LogP contribution in [0, 0.1) is 0 Å². The van der Waals surface area contributed by atoms with Crippen molar-refractivity contribution in [2.24, 2.45) is 0 Å². The van der Waals surface area contributed by atoms with Gasteiger partial charge in [-0.1, -0.05) is 33.8 Å². The number of carbonyl (C=O) groups is 2. The molecule has 0 atom stereocenters. The maximum absolute atomic E-state index is 13.5. The Morgan fingerprint density at radius 2 is 1.24 bits per heavy atom. The third-order valence-electron chi connectivity index (χ3n) is 7.20. The predicted octanol–water partition coefficient (Wildman–Crippen LogP) is 7.03. The number of carboxylic acid groups (broad SMARTS) is 1. The highest BCUT2D eigenvalue weighted by molar-refractivity contribution is 9.11. The molecule has 0 radical (unpaired) electrons. The highest BCUT2D eigenvalue weighted by atomic mass is 79.9. The van der Waals surface area contributed by atoms with E-state index < -0.39 is 17.5 Å². The maximum Gasteiger partial charge on any atom is 0.340 e. The third-order valence-corrected chi connectivity index (χ3v) is 8.97. The topological polar surface area (TPSA) is 104 Å². The fourth-order valence-electron chi connectivity index (χ4n) is 5.59. The van der Waals surface area contributed by atoms with Crippen molar-refractivity contribution in [1.29, 1.82) is 0 Å². The van der Waals surface area contributed by atoms with Gasteiger partial charge in [-0.15, -0.1) is 0 Å². The van der Waals surface area contributed by atoms with E-state index in [2.05, 4.69) is 31.9 Å². The molecule has 3 N–H and O–H groups in total. The van der Waals surface area contributed by atoms with E-state index in [9.17, 15) is 24.9 Å². The number of carboxylic acids is 1. The Hall–Kier alpha value is -2.84. The number of rotatable bonds is 7. The number of ether oxygens (including phenoxy) is 1. The number of phenolic OH excluding ortho intramolecular Hbond substituents is 2. The summed E-state index contributed by atoms with van der Waals surface area (Å²) in [6.07, 6.45) is 2.41. The van der Waals surface area contributed by atoms with Gasteiger partial charge in [-0.05, 0) is 104 Å². The molecule has 8 heteroatoms. The first-order valence-corrected chi connectivity index (χ1v) is 13.8. The second kappa shape index (κ2) is 10.1. The van der Waals surface area contributed by atoms with Crippen LogP contribution < -0.4 is 0 Å². The average Bonchev–Trinajstić information content (AvgIpc) is 3.18. The smallest absolute Gasteiger partial charge is 0.340 e. The number of aromatic hydroxyl groups is 2. The lowest BCUT2D eigenvalue weighted by atomic mass is 9.73. The van der Waals surface area contributed by atoms with Crippen LogP contribution in [0.15, 0.2) is 39.3 Å². The van der Waals surface area contributed by atoms with Crippen LogP contribution in [0.5, 0.6) is 11.5 Å². The molecule has 3 aromatic carbocycles. The van der Waals surface area contributed by atoms with Gasteiger partial charge in [-0.3, -0.25) is 0 Å². The molecule has 0 fully saturated rings. The van der Waals surface area contributed by atoms with Crippen LogP contribution in [0.4, 0.5) is 0 Å². The number of benzene rings is 3. The molecule has 1 heterocycles. The van der Waals surface area contributed by atoms with Crippen molar-refractivity contribution in [3.05, 3.63) is 89.3 Å². The molecule has 194 valence electrons. The van der Waals surface area contributed by atoms with Crippen LogP contribution in [-0.2, 0) is 36.0 Å². The Bertz CT molecular complexity index is 1380. The monoisotopic (exact) mass is 630 g/mol. The Labute approximate surface area is 232 Å². The summed E-state index contributed by atoms with van der Waals surface area (Å²) in [5.74, 6) is -1.81. The van der Waals surface area contributed by atoms with Gasteiger partial charge >= 0.3 is 11.9 Å². The minimum absolute atomic E-state index is 0.00479. The van der Waals surface area contributed by atoms with E-state index in [0.717, 1.165) is 22.3 Å². The largest absolute Gasteiger partial charge is 0.507 e. The van der Waals surface area contributed by atoms with Crippen molar-refractivity contribution in [2.75, 3.05) is 0 Å². The van der Waals surface area contributed by atoms with Crippen molar-refractivity contribution < 1.29 is 29.6 Å². The molecule has 0 saturated heterocycles. The fraction of sp³-hybridized carbons (Fsp3) is 0.310. The molecule has 0 unspecified atom stereocenters. The number of halogens is 2. The second-order valence-corrected chi connectivity index (χ2v) is 10.6. The summed E-state index contributed by atoms with van der Waals surface area (Å²) in [6.45, 7) is 7.97. The molecule has 1 aliphatic rings. The predicted molar refractivity (Wildman–Crippen MR) is 148 cm³/mol. The van der Waals surface area contributed by atoms with E-state index in [-0.39, 0.29) is 22.6 Å². The van der Waals surface area contributed by atoms with Gasteiger partial charge in [0.25, 0.3) is 0 Å². The van der Waals surface area contributed by atoms with E-state index in [1.807, 2.05) is 27.7 Å². The molecule has 0 spiro atoms. The molecule has 0 bridgehead atoms. The number of carbonyl (C=O) groups excluding carboxylic acids is 1. The maximum atomic E-state index is 13.5. The summed E-state index contributed by atoms with van der Waals surface area (Å²) in [7, 11) is 0. The van der Waals surface area contributed by atoms with Crippen LogP contribution in [0.2, 0.25) is 0 Å². The minimum atomic E-state index is -1.51. The lowest BCUT2D eigenvalue weighted by Gasteiger charge is -2.35. The minimum Gasteiger partial charge on any atom is -0.507 e. The highest BCUT2D eigenvalue weighted by Gasteiger charge is 2.52. The Morgan fingerprint density at radius 3 is 1.65 bits per heavy atom. The van der Waals surface area contributed by atoms with Gasteiger partial charge in [0.2, 0.25) is 0 Å². The van der Waals surface area contributed by atoms with E-state index in [1.54, 1.807) is 18.2 Å². The van der Waals surface area contributed by atoms with Crippen LogP contribution in [0.3, 0.4) is 0 Å². The lowest BCUT2D eigenvalue weighted by Crippen LogP contribution is -2.33. The van der Waals surface area contributed by atoms with Gasteiger partial charge in [0, 0.05) is 16.7 Å². The van der Waals surface area contributed by atoms with E-state index >= 15 is 0 Å². The number of phenols is 2. The molecular weight excluding hydrogens is 604 g/mol. The van der Waals surface area contributed by atoms with Gasteiger partial charge in [0.05, 0.1) is 20.1 Å². The molecule has 4 rings (SSSR count). The zero-order valence-corrected chi connectivity index (χ0v) is 24.2. The summed E-state index contributed by atoms with van der Waals surface area (Å²) >= 11 is 7.04. The Balaban J connectivity index is 2.26. The van der Waals surface area contributed by atoms with Gasteiger partial charge < -0.3 is 20.1 Å². The van der Waals surface area contributed by atoms with Gasteiger partial charge in [0.15, 0.2) is 5.60 Å². The second-order valence-electron chi connectivity index (χ2n) is 8.98. The van der Waals surface area contributed by atoms with E-state index in [1.165, 1.54) is 12.1 Å². The van der Waals surface area contributed by atoms with Gasteiger partial charge in [-0.25, -0.2) is 9.59 Å². The zero-order chi connectivity index (χ0) is 27.2. The molecule has 1 aliphatic heterocycles. The molecule has 0 saturated carbocycles. The van der Waals surface area contributed by atoms with Crippen LogP contribution in [0.1, 0.15) is 87.4 Å². The van der Waals surface area contributed by atoms with Crippen molar-refractivity contribution in [3.63, 3.8) is 0 Å². The molecule has 0 aromatic heterocycles. The first-order chi connectivity index (χ1) is 17.6. The zero-order valence-electron chi connectivity index (χ0n) is 21.0. The summed E-state index contributed by atoms with van der Waals surface area (Å²) in [5.41, 5.74) is 3.82. The molecule has 0 aliphatic carbocycles. The molecule has 6 nitrogen and oxygen atoms in total. The standard InChI is InChI=1S/C29H28Br2O6/c1-5-15-17(7-3)25(30)23(32)12-21(15)29(22-13-24(33)26(31)18(8-4)16(22)6-2)20-10-9-14(27(34)35)11-19(20)28(36)37-29/h9-13,32-33H,5-8H2,1-4H3,(H,34,35). The first kappa shape index (κ1) is 27.2. The van der Waals surface area contributed by atoms with Crippen molar-refractivity contribution in [3.8, 4) is 11.5 Å². The fourth-order valence-corrected chi connectivity index (χ4v) is 6.86. The summed E-state index contributed by atoms with van der Waals surface area (Å²) < 4.78 is 7.48. The van der Waals surface area contributed by atoms with Crippen molar-refractivity contribution in [2.45, 2.75) is 59.0 Å². The Morgan fingerprint density at radius 1 is 0.784 bits per heavy atom. The Kier molecular flexibility index (Phi) is 7.45. The summed E-state index contributed by atoms with van der Waals surface area (Å²) in [6, 6.07) is 7.61. The SMILES string of the molecule is CCc1c(C2(c3cc(O)c(Br)c(CC)c3CC)OC(=O)c3cc(C(=O)O)ccc32)cc(O)c(Br)c1CC. The van der Waals surface area contributed by atoms with Crippen molar-refractivity contribution >= 4 is 43.8 Å². The number of hydrogen-bond donors (Lipinski definition) is 3. The number of cyclic esters (lactones) is 1.